The van der Waals surface area contributed by atoms with Gasteiger partial charge in [0.2, 0.25) is 5.91 Å². The van der Waals surface area contributed by atoms with E-state index >= 15 is 0 Å². The number of Topliss-reactive ketones (excluding diaryl/α,β-unsaturated/α-hetero) is 1. The molecule has 0 spiro atoms. The van der Waals surface area contributed by atoms with Gasteiger partial charge in [-0.25, -0.2) is 0 Å². The highest BCUT2D eigenvalue weighted by molar-refractivity contribution is 5.87. The Labute approximate surface area is 114 Å². The highest BCUT2D eigenvalue weighted by Crippen LogP contribution is 2.60. The fourth-order valence-corrected chi connectivity index (χ4v) is 5.16. The number of rotatable bonds is 4. The third-order valence-corrected chi connectivity index (χ3v) is 5.54. The van der Waals surface area contributed by atoms with E-state index in [1.165, 1.54) is 26.2 Å². The van der Waals surface area contributed by atoms with Gasteiger partial charge in [-0.05, 0) is 68.6 Å². The molecule has 4 fully saturated rings. The molecule has 0 saturated heterocycles. The molecular formula is C15H24N2O2. The van der Waals surface area contributed by atoms with Crippen LogP contribution in [0.25, 0.3) is 0 Å². The van der Waals surface area contributed by atoms with Crippen molar-refractivity contribution in [3.05, 3.63) is 0 Å². The molecule has 3 N–H and O–H groups in total. The third-order valence-electron chi connectivity index (χ3n) is 5.54. The summed E-state index contributed by atoms with van der Waals surface area (Å²) in [6.45, 7) is 1.59. The van der Waals surface area contributed by atoms with Crippen LogP contribution in [-0.4, -0.2) is 24.3 Å². The number of hydrogen-bond acceptors (Lipinski definition) is 3. The first-order valence-electron chi connectivity index (χ1n) is 7.51. The molecule has 1 amide bonds. The van der Waals surface area contributed by atoms with Crippen LogP contribution in [0.4, 0.5) is 0 Å². The van der Waals surface area contributed by atoms with Crippen LogP contribution in [0, 0.1) is 23.2 Å². The van der Waals surface area contributed by atoms with E-state index in [1.54, 1.807) is 0 Å². The minimum absolute atomic E-state index is 0.0222. The van der Waals surface area contributed by atoms with E-state index in [0.717, 1.165) is 37.0 Å². The molecule has 0 aromatic rings. The van der Waals surface area contributed by atoms with Gasteiger partial charge in [0.05, 0.1) is 12.6 Å². The van der Waals surface area contributed by atoms with Crippen molar-refractivity contribution in [1.82, 2.24) is 5.32 Å². The van der Waals surface area contributed by atoms with Crippen LogP contribution in [0.5, 0.6) is 0 Å². The molecule has 19 heavy (non-hydrogen) atoms. The molecule has 4 nitrogen and oxygen atoms in total. The highest BCUT2D eigenvalue weighted by atomic mass is 16.2. The summed E-state index contributed by atoms with van der Waals surface area (Å²) in [7, 11) is 0. The lowest BCUT2D eigenvalue weighted by Gasteiger charge is -2.58. The lowest BCUT2D eigenvalue weighted by Crippen LogP contribution is -2.59. The van der Waals surface area contributed by atoms with Crippen LogP contribution in [0.3, 0.4) is 0 Å². The molecule has 4 aliphatic carbocycles. The van der Waals surface area contributed by atoms with Crippen LogP contribution in [-0.2, 0) is 9.59 Å². The Kier molecular flexibility index (Phi) is 3.16. The minimum atomic E-state index is -0.430. The summed E-state index contributed by atoms with van der Waals surface area (Å²) < 4.78 is 0. The van der Waals surface area contributed by atoms with Gasteiger partial charge in [-0.3, -0.25) is 9.59 Å². The molecule has 1 unspecified atom stereocenters. The van der Waals surface area contributed by atoms with E-state index in [4.69, 9.17) is 5.73 Å². The quantitative estimate of drug-likeness (QED) is 0.802. The average Bonchev–Trinajstić information content (AvgIpc) is 2.33. The van der Waals surface area contributed by atoms with Crippen molar-refractivity contribution >= 4 is 11.7 Å². The number of carbonyl (C=O) groups is 2. The Morgan fingerprint density at radius 1 is 1.16 bits per heavy atom. The maximum Gasteiger partial charge on any atom is 0.237 e. The van der Waals surface area contributed by atoms with Crippen molar-refractivity contribution in [3.63, 3.8) is 0 Å². The van der Waals surface area contributed by atoms with Gasteiger partial charge in [0, 0.05) is 0 Å². The van der Waals surface area contributed by atoms with Crippen molar-refractivity contribution in [2.75, 3.05) is 6.54 Å². The molecule has 4 saturated carbocycles. The predicted octanol–water partition coefficient (Wildman–Crippen LogP) is 1.24. The highest BCUT2D eigenvalue weighted by Gasteiger charge is 2.54. The SMILES string of the molecule is CC(=O)CNC(=O)C(N)C12CC3CC(CC(C3)C1)C2. The van der Waals surface area contributed by atoms with Gasteiger partial charge in [-0.15, -0.1) is 0 Å². The van der Waals surface area contributed by atoms with Gasteiger partial charge in [0.25, 0.3) is 0 Å². The zero-order valence-electron chi connectivity index (χ0n) is 11.7. The van der Waals surface area contributed by atoms with Crippen molar-refractivity contribution < 1.29 is 9.59 Å². The van der Waals surface area contributed by atoms with E-state index in [1.807, 2.05) is 0 Å². The molecule has 0 radical (unpaired) electrons. The number of carbonyl (C=O) groups excluding carboxylic acids is 2. The molecule has 4 heteroatoms. The first-order chi connectivity index (χ1) is 8.98. The van der Waals surface area contributed by atoms with Crippen LogP contribution in [0.1, 0.15) is 45.4 Å². The van der Waals surface area contributed by atoms with E-state index < -0.39 is 6.04 Å². The second-order valence-corrected chi connectivity index (χ2v) is 7.18. The zero-order chi connectivity index (χ0) is 13.6. The van der Waals surface area contributed by atoms with Gasteiger partial charge in [0.15, 0.2) is 0 Å². The Balaban J connectivity index is 1.70. The lowest BCUT2D eigenvalue weighted by atomic mass is 9.47. The smallest absolute Gasteiger partial charge is 0.237 e. The van der Waals surface area contributed by atoms with Gasteiger partial charge < -0.3 is 11.1 Å². The lowest BCUT2D eigenvalue weighted by molar-refractivity contribution is -0.134. The van der Waals surface area contributed by atoms with Crippen LogP contribution < -0.4 is 11.1 Å². The molecule has 4 rings (SSSR count). The van der Waals surface area contributed by atoms with Crippen molar-refractivity contribution in [2.45, 2.75) is 51.5 Å². The van der Waals surface area contributed by atoms with E-state index in [9.17, 15) is 9.59 Å². The maximum absolute atomic E-state index is 12.2. The second kappa shape index (κ2) is 4.58. The summed E-state index contributed by atoms with van der Waals surface area (Å²) in [5.74, 6) is 2.22. The van der Waals surface area contributed by atoms with Crippen LogP contribution >= 0.6 is 0 Å². The molecular weight excluding hydrogens is 240 g/mol. The number of ketones is 1. The van der Waals surface area contributed by atoms with Crippen LogP contribution in [0.2, 0.25) is 0 Å². The van der Waals surface area contributed by atoms with E-state index in [-0.39, 0.29) is 23.7 Å². The number of nitrogens with two attached hydrogens (primary N) is 1. The fraction of sp³-hybridized carbons (Fsp3) is 0.867. The van der Waals surface area contributed by atoms with Gasteiger partial charge in [-0.1, -0.05) is 0 Å². The molecule has 106 valence electrons. The topological polar surface area (TPSA) is 72.2 Å². The molecule has 1 atom stereocenters. The van der Waals surface area contributed by atoms with E-state index in [2.05, 4.69) is 5.32 Å². The van der Waals surface area contributed by atoms with Crippen LogP contribution in [0.15, 0.2) is 0 Å². The molecule has 4 bridgehead atoms. The first-order valence-corrected chi connectivity index (χ1v) is 7.51. The number of hydrogen-bond donors (Lipinski definition) is 2. The van der Waals surface area contributed by atoms with Gasteiger partial charge in [0.1, 0.15) is 5.78 Å². The minimum Gasteiger partial charge on any atom is -0.348 e. The Bertz CT molecular complexity index is 370. The summed E-state index contributed by atoms with van der Waals surface area (Å²) >= 11 is 0. The second-order valence-electron chi connectivity index (χ2n) is 7.18. The predicted molar refractivity (Wildman–Crippen MR) is 72.3 cm³/mol. The summed E-state index contributed by atoms with van der Waals surface area (Å²) in [6.07, 6.45) is 7.40. The fourth-order valence-electron chi connectivity index (χ4n) is 5.16. The van der Waals surface area contributed by atoms with Gasteiger partial charge in [-0.2, -0.15) is 0 Å². The largest absolute Gasteiger partial charge is 0.348 e. The summed E-state index contributed by atoms with van der Waals surface area (Å²) in [4.78, 5) is 23.1. The van der Waals surface area contributed by atoms with Crippen molar-refractivity contribution in [1.29, 1.82) is 0 Å². The summed E-state index contributed by atoms with van der Waals surface area (Å²) in [5, 5.41) is 2.69. The summed E-state index contributed by atoms with van der Waals surface area (Å²) in [6, 6.07) is -0.430. The van der Waals surface area contributed by atoms with Crippen molar-refractivity contribution in [2.24, 2.45) is 28.9 Å². The monoisotopic (exact) mass is 264 g/mol. The van der Waals surface area contributed by atoms with E-state index in [0.29, 0.717) is 0 Å². The van der Waals surface area contributed by atoms with Gasteiger partial charge >= 0.3 is 0 Å². The summed E-state index contributed by atoms with van der Waals surface area (Å²) in [5.41, 5.74) is 6.30. The third kappa shape index (κ3) is 2.31. The Morgan fingerprint density at radius 3 is 2.05 bits per heavy atom. The van der Waals surface area contributed by atoms with Crippen molar-refractivity contribution in [3.8, 4) is 0 Å². The molecule has 0 heterocycles. The molecule has 0 aliphatic heterocycles. The Hall–Kier alpha value is -0.900. The molecule has 4 aliphatic rings. The first kappa shape index (κ1) is 13.1. The standard InChI is InChI=1S/C15H24N2O2/c1-9(18)8-17-14(19)13(16)15-5-10-2-11(6-15)4-12(3-10)7-15/h10-13H,2-8,16H2,1H3,(H,17,19). The zero-order valence-corrected chi connectivity index (χ0v) is 11.7. The molecule has 0 aromatic carbocycles. The maximum atomic E-state index is 12.2. The molecule has 0 aromatic heterocycles. The average molecular weight is 264 g/mol. The number of nitrogens with one attached hydrogen (secondary N) is 1. The normalized spacial score (nSPS) is 41.1. The Morgan fingerprint density at radius 2 is 1.63 bits per heavy atom. The number of amides is 1.